The zero-order chi connectivity index (χ0) is 22.1. The summed E-state index contributed by atoms with van der Waals surface area (Å²) in [5.74, 6) is 1.40. The van der Waals surface area contributed by atoms with E-state index in [1.54, 1.807) is 13.3 Å². The van der Waals surface area contributed by atoms with E-state index in [-0.39, 0.29) is 17.9 Å². The first-order chi connectivity index (χ1) is 15.6. The number of benzene rings is 1. The molecule has 0 unspecified atom stereocenters. The van der Waals surface area contributed by atoms with Gasteiger partial charge in [-0.3, -0.25) is 4.79 Å². The molecule has 1 N–H and O–H groups in total. The highest BCUT2D eigenvalue weighted by Crippen LogP contribution is 2.40. The molecule has 1 aromatic heterocycles. The van der Waals surface area contributed by atoms with Crippen molar-refractivity contribution in [1.82, 2.24) is 4.98 Å². The van der Waals surface area contributed by atoms with Crippen molar-refractivity contribution in [2.75, 3.05) is 48.5 Å². The lowest BCUT2D eigenvalue weighted by molar-refractivity contribution is -0.125. The van der Waals surface area contributed by atoms with Gasteiger partial charge in [-0.15, -0.1) is 0 Å². The number of carbonyl (C=O) groups excluding carboxylic acids is 1. The van der Waals surface area contributed by atoms with Crippen LogP contribution in [0.15, 0.2) is 36.5 Å². The Morgan fingerprint density at radius 2 is 2.06 bits per heavy atom. The molecule has 5 rings (SSSR count). The fraction of sp³-hybridized carbons (Fsp3) is 0.520. The third-order valence-electron chi connectivity index (χ3n) is 7.13. The second-order valence-electron chi connectivity index (χ2n) is 9.12. The Morgan fingerprint density at radius 3 is 2.84 bits per heavy atom. The van der Waals surface area contributed by atoms with Crippen LogP contribution in [0.3, 0.4) is 0 Å². The molecule has 3 aliphatic rings. The van der Waals surface area contributed by atoms with Gasteiger partial charge >= 0.3 is 0 Å². The van der Waals surface area contributed by atoms with Crippen molar-refractivity contribution in [2.45, 2.75) is 38.8 Å². The molecule has 1 amide bonds. The van der Waals surface area contributed by atoms with Gasteiger partial charge < -0.3 is 24.6 Å². The highest BCUT2D eigenvalue weighted by atomic mass is 16.5. The summed E-state index contributed by atoms with van der Waals surface area (Å²) in [7, 11) is 1.77. The van der Waals surface area contributed by atoms with E-state index in [0.29, 0.717) is 12.5 Å². The summed E-state index contributed by atoms with van der Waals surface area (Å²) in [5.41, 5.74) is 4.01. The van der Waals surface area contributed by atoms with Crippen LogP contribution in [0.25, 0.3) is 0 Å². The molecule has 3 atom stereocenters. The van der Waals surface area contributed by atoms with Crippen molar-refractivity contribution in [3.8, 4) is 0 Å². The van der Waals surface area contributed by atoms with Gasteiger partial charge in [0.25, 0.3) is 0 Å². The second-order valence-corrected chi connectivity index (χ2v) is 9.12. The standard InChI is InChI=1S/C25H32N4O3/c1-17-14-18(5-8-23(17)31-2)25(30)29-16-19-4-3-9-26-24(19)27-21-7-6-20(15-22(21)29)28-10-12-32-13-11-28/h3-4,6-7,9,15,17-18,23H,5,8,10-14,16H2,1-2H3,(H,26,27)/t17-,18+,23+/m1/s1. The van der Waals surface area contributed by atoms with Crippen LogP contribution in [0.1, 0.15) is 31.7 Å². The summed E-state index contributed by atoms with van der Waals surface area (Å²) in [4.78, 5) is 22.8. The third-order valence-corrected chi connectivity index (χ3v) is 7.13. The van der Waals surface area contributed by atoms with E-state index in [1.807, 2.05) is 11.0 Å². The van der Waals surface area contributed by atoms with Gasteiger partial charge in [-0.05, 0) is 49.4 Å². The molecule has 3 heterocycles. The number of hydrogen-bond acceptors (Lipinski definition) is 6. The van der Waals surface area contributed by atoms with Crippen LogP contribution in [-0.4, -0.2) is 50.4 Å². The monoisotopic (exact) mass is 436 g/mol. The lowest BCUT2D eigenvalue weighted by Crippen LogP contribution is -2.40. The van der Waals surface area contributed by atoms with Crippen LogP contribution < -0.4 is 15.1 Å². The van der Waals surface area contributed by atoms with Crippen LogP contribution in [0, 0.1) is 11.8 Å². The number of rotatable bonds is 3. The van der Waals surface area contributed by atoms with Crippen molar-refractivity contribution in [3.63, 3.8) is 0 Å². The van der Waals surface area contributed by atoms with Crippen LogP contribution in [0.5, 0.6) is 0 Å². The molecule has 32 heavy (non-hydrogen) atoms. The van der Waals surface area contributed by atoms with Gasteiger partial charge in [0.2, 0.25) is 5.91 Å². The predicted octanol–water partition coefficient (Wildman–Crippen LogP) is 3.96. The van der Waals surface area contributed by atoms with Crippen LogP contribution in [0.4, 0.5) is 22.9 Å². The molecule has 1 aliphatic carbocycles. The summed E-state index contributed by atoms with van der Waals surface area (Å²) in [6.07, 6.45) is 4.69. The SMILES string of the molecule is CO[C@H]1CC[C@H](C(=O)N2Cc3cccnc3Nc3ccc(N4CCOCC4)cc32)C[C@H]1C. The quantitative estimate of drug-likeness (QED) is 0.786. The minimum Gasteiger partial charge on any atom is -0.381 e. The van der Waals surface area contributed by atoms with Crippen molar-refractivity contribution >= 4 is 28.8 Å². The molecule has 0 bridgehead atoms. The van der Waals surface area contributed by atoms with Gasteiger partial charge in [0.15, 0.2) is 0 Å². The van der Waals surface area contributed by atoms with Crippen molar-refractivity contribution in [2.24, 2.45) is 11.8 Å². The number of aromatic nitrogens is 1. The lowest BCUT2D eigenvalue weighted by atomic mass is 9.79. The van der Waals surface area contributed by atoms with E-state index < -0.39 is 0 Å². The number of morpholine rings is 1. The minimum atomic E-state index is 0.00881. The number of amides is 1. The molecule has 170 valence electrons. The summed E-state index contributed by atoms with van der Waals surface area (Å²) in [5, 5.41) is 3.48. The summed E-state index contributed by atoms with van der Waals surface area (Å²) in [6, 6.07) is 10.3. The third kappa shape index (κ3) is 4.07. The highest BCUT2D eigenvalue weighted by Gasteiger charge is 2.36. The maximum Gasteiger partial charge on any atom is 0.230 e. The van der Waals surface area contributed by atoms with E-state index in [1.165, 1.54) is 0 Å². The normalized spacial score (nSPS) is 25.4. The number of nitrogens with zero attached hydrogens (tertiary/aromatic N) is 3. The molecular formula is C25H32N4O3. The molecule has 7 heteroatoms. The molecule has 7 nitrogen and oxygen atoms in total. The number of carbonyl (C=O) groups is 1. The van der Waals surface area contributed by atoms with Crippen molar-refractivity contribution < 1.29 is 14.3 Å². The Labute approximate surface area is 189 Å². The largest absolute Gasteiger partial charge is 0.381 e. The number of hydrogen-bond donors (Lipinski definition) is 1. The molecule has 1 saturated heterocycles. The summed E-state index contributed by atoms with van der Waals surface area (Å²) >= 11 is 0. The van der Waals surface area contributed by atoms with Gasteiger partial charge in [-0.1, -0.05) is 13.0 Å². The van der Waals surface area contributed by atoms with E-state index >= 15 is 0 Å². The molecule has 2 aliphatic heterocycles. The first-order valence-electron chi connectivity index (χ1n) is 11.7. The van der Waals surface area contributed by atoms with E-state index in [9.17, 15) is 4.79 Å². The first kappa shape index (κ1) is 21.2. The van der Waals surface area contributed by atoms with Gasteiger partial charge in [0.1, 0.15) is 5.82 Å². The van der Waals surface area contributed by atoms with Crippen molar-refractivity contribution in [1.29, 1.82) is 0 Å². The minimum absolute atomic E-state index is 0.00881. The zero-order valence-electron chi connectivity index (χ0n) is 18.9. The van der Waals surface area contributed by atoms with Gasteiger partial charge in [0.05, 0.1) is 37.2 Å². The molecular weight excluding hydrogens is 404 g/mol. The van der Waals surface area contributed by atoms with Crippen LogP contribution in [-0.2, 0) is 20.8 Å². The Bertz CT molecular complexity index is 975. The number of ether oxygens (including phenoxy) is 2. The zero-order valence-corrected chi connectivity index (χ0v) is 18.9. The second kappa shape index (κ2) is 9.08. The molecule has 2 fully saturated rings. The lowest BCUT2D eigenvalue weighted by Gasteiger charge is -2.36. The Kier molecular flexibility index (Phi) is 6.02. The number of anilines is 4. The number of nitrogens with one attached hydrogen (secondary N) is 1. The average molecular weight is 437 g/mol. The van der Waals surface area contributed by atoms with Crippen LogP contribution in [0.2, 0.25) is 0 Å². The smallest absolute Gasteiger partial charge is 0.230 e. The van der Waals surface area contributed by atoms with E-state index in [0.717, 1.165) is 74.0 Å². The molecule has 1 saturated carbocycles. The molecule has 0 spiro atoms. The highest BCUT2D eigenvalue weighted by molar-refractivity contribution is 6.00. The Morgan fingerprint density at radius 1 is 1.22 bits per heavy atom. The van der Waals surface area contributed by atoms with Crippen LogP contribution >= 0.6 is 0 Å². The number of pyridine rings is 1. The van der Waals surface area contributed by atoms with Gasteiger partial charge in [0, 0.05) is 43.6 Å². The fourth-order valence-corrected chi connectivity index (χ4v) is 5.29. The van der Waals surface area contributed by atoms with Crippen molar-refractivity contribution in [3.05, 3.63) is 42.1 Å². The predicted molar refractivity (Wildman–Crippen MR) is 125 cm³/mol. The molecule has 0 radical (unpaired) electrons. The maximum atomic E-state index is 13.9. The molecule has 1 aromatic carbocycles. The average Bonchev–Trinajstić information content (AvgIpc) is 3.00. The first-order valence-corrected chi connectivity index (χ1v) is 11.7. The van der Waals surface area contributed by atoms with Gasteiger partial charge in [-0.2, -0.15) is 0 Å². The number of methoxy groups -OCH3 is 1. The van der Waals surface area contributed by atoms with E-state index in [4.69, 9.17) is 9.47 Å². The fourth-order valence-electron chi connectivity index (χ4n) is 5.29. The summed E-state index contributed by atoms with van der Waals surface area (Å²) in [6.45, 7) is 5.90. The van der Waals surface area contributed by atoms with E-state index in [2.05, 4.69) is 46.4 Å². The topological polar surface area (TPSA) is 66.9 Å². The summed E-state index contributed by atoms with van der Waals surface area (Å²) < 4.78 is 11.1. The maximum absolute atomic E-state index is 13.9. The Hall–Kier alpha value is -2.64. The molecule has 2 aromatic rings. The Balaban J connectivity index is 1.50. The van der Waals surface area contributed by atoms with Gasteiger partial charge in [-0.25, -0.2) is 4.98 Å². The number of fused-ring (bicyclic) bond motifs is 2.